The van der Waals surface area contributed by atoms with Gasteiger partial charge in [0, 0.05) is 31.4 Å². The van der Waals surface area contributed by atoms with Crippen molar-refractivity contribution in [2.45, 2.75) is 46.4 Å². The molecule has 0 aliphatic carbocycles. The summed E-state index contributed by atoms with van der Waals surface area (Å²) in [5.41, 5.74) is 11.0. The Labute approximate surface area is 289 Å². The van der Waals surface area contributed by atoms with Crippen LogP contribution in [0.1, 0.15) is 60.5 Å². The van der Waals surface area contributed by atoms with E-state index in [4.69, 9.17) is 18.5 Å². The molecule has 9 aromatic rings. The highest BCUT2D eigenvalue weighted by atomic mass is 16.3. The number of pyridine rings is 1. The third-order valence-electron chi connectivity index (χ3n) is 9.87. The van der Waals surface area contributed by atoms with Gasteiger partial charge in [-0.25, -0.2) is 4.98 Å². The summed E-state index contributed by atoms with van der Waals surface area (Å²) in [5, 5.41) is 4.12. The number of nitrogens with zero attached hydrogens (tertiary/aromatic N) is 3. The summed E-state index contributed by atoms with van der Waals surface area (Å²) in [6, 6.07) is 41.4. The Morgan fingerprint density at radius 2 is 1.29 bits per heavy atom. The van der Waals surface area contributed by atoms with E-state index in [-0.39, 0.29) is 17.5 Å². The van der Waals surface area contributed by atoms with Gasteiger partial charge in [0.25, 0.3) is 0 Å². The van der Waals surface area contributed by atoms with Crippen LogP contribution in [0, 0.1) is 6.85 Å². The summed E-state index contributed by atoms with van der Waals surface area (Å²) in [6.07, 6.45) is 0. The lowest BCUT2D eigenvalue weighted by atomic mass is 9.88. The summed E-state index contributed by atoms with van der Waals surface area (Å²) < 4.78 is 33.9. The number of aryl methyl sites for hydroxylation is 1. The van der Waals surface area contributed by atoms with Crippen LogP contribution in [-0.2, 0) is 0 Å². The van der Waals surface area contributed by atoms with Crippen LogP contribution in [0.25, 0.3) is 82.8 Å². The number of imidazole rings is 1. The van der Waals surface area contributed by atoms with Crippen LogP contribution in [0.5, 0.6) is 0 Å². The molecule has 0 aliphatic heterocycles. The first-order valence-electron chi connectivity index (χ1n) is 18.5. The van der Waals surface area contributed by atoms with Crippen LogP contribution < -0.4 is 0 Å². The van der Waals surface area contributed by atoms with Crippen molar-refractivity contribution in [3.8, 4) is 28.2 Å². The van der Waals surface area contributed by atoms with Crippen LogP contribution in [0.3, 0.4) is 0 Å². The fourth-order valence-electron chi connectivity index (χ4n) is 7.47. The summed E-state index contributed by atoms with van der Waals surface area (Å²) in [7, 11) is 0. The number of fused-ring (bicyclic) bond motifs is 7. The van der Waals surface area contributed by atoms with Crippen LogP contribution >= 0.6 is 0 Å². The van der Waals surface area contributed by atoms with Crippen LogP contribution in [0.15, 0.2) is 126 Å². The van der Waals surface area contributed by atoms with Crippen LogP contribution in [0.4, 0.5) is 0 Å². The molecule has 49 heavy (non-hydrogen) atoms. The highest BCUT2D eigenvalue weighted by Crippen LogP contribution is 2.43. The fraction of sp³-hybridized carbons (Fsp3) is 0.156. The molecule has 3 heterocycles. The predicted molar refractivity (Wildman–Crippen MR) is 205 cm³/mol. The molecule has 0 fully saturated rings. The van der Waals surface area contributed by atoms with Crippen molar-refractivity contribution in [1.82, 2.24) is 14.5 Å². The second kappa shape index (κ2) is 11.2. The Hall–Kier alpha value is -5.74. The van der Waals surface area contributed by atoms with Gasteiger partial charge < -0.3 is 4.42 Å². The zero-order chi connectivity index (χ0) is 35.9. The van der Waals surface area contributed by atoms with E-state index < -0.39 is 6.85 Å². The van der Waals surface area contributed by atoms with Crippen molar-refractivity contribution in [3.05, 3.63) is 138 Å². The molecule has 4 nitrogen and oxygen atoms in total. The minimum Gasteiger partial charge on any atom is -0.455 e. The van der Waals surface area contributed by atoms with E-state index in [1.54, 1.807) is 0 Å². The topological polar surface area (TPSA) is 43.9 Å². The molecular weight excluding hydrogens is 599 g/mol. The quantitative estimate of drug-likeness (QED) is 0.176. The summed E-state index contributed by atoms with van der Waals surface area (Å²) in [6.45, 7) is 6.69. The molecule has 0 atom stereocenters. The highest BCUT2D eigenvalue weighted by molar-refractivity contribution is 6.17. The largest absolute Gasteiger partial charge is 0.455 e. The first-order valence-corrected chi connectivity index (χ1v) is 17.0. The normalized spacial score (nSPS) is 13.3. The Kier molecular flexibility index (Phi) is 5.98. The molecular formula is C45H37N3O. The molecule has 0 aliphatic rings. The highest BCUT2D eigenvalue weighted by Gasteiger charge is 2.25. The van der Waals surface area contributed by atoms with Gasteiger partial charge in [-0.15, -0.1) is 0 Å². The molecule has 0 saturated carbocycles. The molecule has 0 spiro atoms. The number of aromatic nitrogens is 3. The van der Waals surface area contributed by atoms with Crippen molar-refractivity contribution in [2.24, 2.45) is 0 Å². The van der Waals surface area contributed by atoms with Gasteiger partial charge >= 0.3 is 0 Å². The molecule has 9 rings (SSSR count). The minimum absolute atomic E-state index is 0.109. The van der Waals surface area contributed by atoms with Gasteiger partial charge in [-0.05, 0) is 88.8 Å². The number of rotatable bonds is 5. The van der Waals surface area contributed by atoms with E-state index in [0.717, 1.165) is 55.2 Å². The lowest BCUT2D eigenvalue weighted by Crippen LogP contribution is -2.09. The van der Waals surface area contributed by atoms with Gasteiger partial charge in [0.2, 0.25) is 0 Å². The van der Waals surface area contributed by atoms with Gasteiger partial charge in [-0.1, -0.05) is 107 Å². The van der Waals surface area contributed by atoms with Crippen molar-refractivity contribution in [1.29, 1.82) is 0 Å². The Morgan fingerprint density at radius 1 is 0.592 bits per heavy atom. The van der Waals surface area contributed by atoms with Gasteiger partial charge in [-0.2, -0.15) is 0 Å². The second-order valence-corrected chi connectivity index (χ2v) is 13.6. The third-order valence-corrected chi connectivity index (χ3v) is 9.87. The third kappa shape index (κ3) is 4.58. The maximum atomic E-state index is 8.24. The zero-order valence-corrected chi connectivity index (χ0v) is 28.0. The van der Waals surface area contributed by atoms with E-state index in [1.807, 2.05) is 48.5 Å². The van der Waals surface area contributed by atoms with Crippen molar-refractivity contribution < 1.29 is 8.53 Å². The maximum absolute atomic E-state index is 8.24. The number of furan rings is 1. The average molecular weight is 639 g/mol. The molecule has 0 amide bonds. The van der Waals surface area contributed by atoms with Crippen LogP contribution in [0.2, 0.25) is 0 Å². The number of hydrogen-bond acceptors (Lipinski definition) is 3. The van der Waals surface area contributed by atoms with E-state index >= 15 is 0 Å². The number of benzene rings is 6. The SMILES string of the molecule is [2H]C([2H])([2H])c1nc2cc3c(cc2c2ccccc12)oc1c(-c2nc4ccccc4n2-c2c(C(C)C)cc(-c4ccccc4)cc2C(C)C)cccc13. The van der Waals surface area contributed by atoms with E-state index in [9.17, 15) is 0 Å². The molecule has 0 bridgehead atoms. The zero-order valence-electron chi connectivity index (χ0n) is 31.0. The summed E-state index contributed by atoms with van der Waals surface area (Å²) in [5.74, 6) is 1.28. The molecule has 238 valence electrons. The van der Waals surface area contributed by atoms with Gasteiger partial charge in [0.05, 0.1) is 27.8 Å². The Bertz CT molecular complexity index is 2820. The molecule has 0 saturated heterocycles. The van der Waals surface area contributed by atoms with Crippen LogP contribution in [-0.4, -0.2) is 14.5 Å². The van der Waals surface area contributed by atoms with Crippen molar-refractivity contribution >= 4 is 54.6 Å². The molecule has 0 unspecified atom stereocenters. The van der Waals surface area contributed by atoms with Gasteiger partial charge in [-0.3, -0.25) is 9.55 Å². The molecule has 0 radical (unpaired) electrons. The van der Waals surface area contributed by atoms with Crippen molar-refractivity contribution in [3.63, 3.8) is 0 Å². The van der Waals surface area contributed by atoms with E-state index in [0.29, 0.717) is 16.5 Å². The first-order chi connectivity index (χ1) is 25.1. The Balaban J connectivity index is 1.35. The molecule has 6 aromatic carbocycles. The second-order valence-electron chi connectivity index (χ2n) is 13.6. The Morgan fingerprint density at radius 3 is 2.04 bits per heavy atom. The standard InChI is InChI=1S/C45H37N3O/c1-26(2)35-22-30(29-14-7-6-8-15-29)23-36(27(3)4)43(35)48-41-21-12-11-20-39(41)47-45(48)34-19-13-18-33-38-24-40-37(25-42(38)49-44(33)34)32-17-10-9-16-31(32)28(5)46-40/h6-27H,1-5H3/i5D3. The lowest BCUT2D eigenvalue weighted by Gasteiger charge is -2.24. The summed E-state index contributed by atoms with van der Waals surface area (Å²) >= 11 is 0. The average Bonchev–Trinajstić information content (AvgIpc) is 3.71. The lowest BCUT2D eigenvalue weighted by molar-refractivity contribution is 0.670. The molecule has 0 N–H and O–H groups in total. The van der Waals surface area contributed by atoms with Gasteiger partial charge in [0.1, 0.15) is 17.0 Å². The predicted octanol–water partition coefficient (Wildman–Crippen LogP) is 12.5. The monoisotopic (exact) mass is 638 g/mol. The minimum atomic E-state index is -2.35. The smallest absolute Gasteiger partial charge is 0.149 e. The molecule has 3 aromatic heterocycles. The van der Waals surface area contributed by atoms with Gasteiger partial charge in [0.15, 0.2) is 0 Å². The van der Waals surface area contributed by atoms with Crippen molar-refractivity contribution in [2.75, 3.05) is 0 Å². The maximum Gasteiger partial charge on any atom is 0.149 e. The molecule has 4 heteroatoms. The number of hydrogen-bond donors (Lipinski definition) is 0. The fourth-order valence-corrected chi connectivity index (χ4v) is 7.47. The first kappa shape index (κ1) is 26.2. The number of para-hydroxylation sites is 3. The van der Waals surface area contributed by atoms with E-state index in [1.165, 1.54) is 22.3 Å². The summed E-state index contributed by atoms with van der Waals surface area (Å²) in [4.78, 5) is 10.1. The van der Waals surface area contributed by atoms with E-state index in [2.05, 4.69) is 105 Å².